The average molecular weight is 398 g/mol. The Morgan fingerprint density at radius 1 is 0.933 bits per heavy atom. The number of aromatic amines is 2. The van der Waals surface area contributed by atoms with Crippen LogP contribution < -0.4 is 10.6 Å². The first-order valence-electron chi connectivity index (χ1n) is 9.90. The highest BCUT2D eigenvalue weighted by molar-refractivity contribution is 5.84. The van der Waals surface area contributed by atoms with Crippen LogP contribution >= 0.6 is 0 Å². The normalized spacial score (nSPS) is 11.2. The van der Waals surface area contributed by atoms with Gasteiger partial charge in [-0.15, -0.1) is 0 Å². The molecule has 0 radical (unpaired) electrons. The molecule has 3 heterocycles. The molecule has 0 aliphatic rings. The summed E-state index contributed by atoms with van der Waals surface area (Å²) in [6.07, 6.45) is 6.49. The Balaban J connectivity index is 1.19. The third-order valence-corrected chi connectivity index (χ3v) is 5.18. The lowest BCUT2D eigenvalue weighted by atomic mass is 10.1. The molecule has 0 amide bonds. The van der Waals surface area contributed by atoms with E-state index < -0.39 is 0 Å². The SMILES string of the molecule is Oc1ccc2[nH]cc(CCNc3ccnc(NCc4ccc5cc[nH]c5c4)n3)c2c1. The van der Waals surface area contributed by atoms with Gasteiger partial charge in [0.15, 0.2) is 0 Å². The van der Waals surface area contributed by atoms with Gasteiger partial charge in [-0.1, -0.05) is 12.1 Å². The third kappa shape index (κ3) is 3.77. The van der Waals surface area contributed by atoms with Gasteiger partial charge in [-0.05, 0) is 59.3 Å². The van der Waals surface area contributed by atoms with Crippen LogP contribution in [-0.2, 0) is 13.0 Å². The maximum Gasteiger partial charge on any atom is 0.224 e. The molecule has 3 aromatic heterocycles. The van der Waals surface area contributed by atoms with Crippen LogP contribution in [0.5, 0.6) is 5.75 Å². The molecule has 30 heavy (non-hydrogen) atoms. The minimum absolute atomic E-state index is 0.276. The van der Waals surface area contributed by atoms with Gasteiger partial charge in [0.25, 0.3) is 0 Å². The number of rotatable bonds is 7. The van der Waals surface area contributed by atoms with Gasteiger partial charge >= 0.3 is 0 Å². The van der Waals surface area contributed by atoms with Crippen LogP contribution in [0.3, 0.4) is 0 Å². The van der Waals surface area contributed by atoms with E-state index in [0.29, 0.717) is 12.5 Å². The van der Waals surface area contributed by atoms with E-state index in [0.717, 1.165) is 46.3 Å². The second kappa shape index (κ2) is 7.79. The molecule has 150 valence electrons. The smallest absolute Gasteiger partial charge is 0.224 e. The first kappa shape index (κ1) is 18.1. The van der Waals surface area contributed by atoms with Crippen molar-refractivity contribution >= 4 is 33.6 Å². The summed E-state index contributed by atoms with van der Waals surface area (Å²) >= 11 is 0. The van der Waals surface area contributed by atoms with Crippen LogP contribution in [0.25, 0.3) is 21.8 Å². The molecule has 5 rings (SSSR count). The zero-order valence-electron chi connectivity index (χ0n) is 16.3. The molecule has 0 fully saturated rings. The number of anilines is 2. The number of phenolic OH excluding ortho intramolecular Hbond substituents is 1. The molecule has 2 aromatic carbocycles. The number of H-pyrrole nitrogens is 2. The van der Waals surface area contributed by atoms with E-state index in [-0.39, 0.29) is 5.75 Å². The quantitative estimate of drug-likeness (QED) is 0.279. The topological polar surface area (TPSA) is 102 Å². The highest BCUT2D eigenvalue weighted by Gasteiger charge is 2.05. The van der Waals surface area contributed by atoms with Crippen molar-refractivity contribution in [2.75, 3.05) is 17.2 Å². The van der Waals surface area contributed by atoms with Crippen LogP contribution in [0, 0.1) is 0 Å². The fourth-order valence-corrected chi connectivity index (χ4v) is 3.63. The number of fused-ring (bicyclic) bond motifs is 2. The lowest BCUT2D eigenvalue weighted by molar-refractivity contribution is 0.476. The van der Waals surface area contributed by atoms with Crippen molar-refractivity contribution in [2.45, 2.75) is 13.0 Å². The molecule has 0 aliphatic carbocycles. The molecule has 7 heteroatoms. The summed E-state index contributed by atoms with van der Waals surface area (Å²) in [5.74, 6) is 1.64. The Kier molecular flexibility index (Phi) is 4.69. The number of nitrogens with zero attached hydrogens (tertiary/aromatic N) is 2. The zero-order valence-corrected chi connectivity index (χ0v) is 16.3. The van der Waals surface area contributed by atoms with E-state index in [4.69, 9.17) is 0 Å². The van der Waals surface area contributed by atoms with Gasteiger partial charge in [0.2, 0.25) is 5.95 Å². The van der Waals surface area contributed by atoms with Crippen molar-refractivity contribution < 1.29 is 5.11 Å². The fourth-order valence-electron chi connectivity index (χ4n) is 3.63. The summed E-state index contributed by atoms with van der Waals surface area (Å²) in [4.78, 5) is 15.3. The highest BCUT2D eigenvalue weighted by Crippen LogP contribution is 2.23. The lowest BCUT2D eigenvalue weighted by Gasteiger charge is -2.09. The van der Waals surface area contributed by atoms with Crippen molar-refractivity contribution in [3.05, 3.63) is 78.2 Å². The molecule has 0 atom stereocenters. The summed E-state index contributed by atoms with van der Waals surface area (Å²) in [6.45, 7) is 1.37. The third-order valence-electron chi connectivity index (χ3n) is 5.18. The van der Waals surface area contributed by atoms with Crippen LogP contribution in [0.4, 0.5) is 11.8 Å². The van der Waals surface area contributed by atoms with Gasteiger partial charge in [-0.3, -0.25) is 0 Å². The summed E-state index contributed by atoms with van der Waals surface area (Å²) in [5, 5.41) is 18.6. The summed E-state index contributed by atoms with van der Waals surface area (Å²) in [7, 11) is 0. The second-order valence-corrected chi connectivity index (χ2v) is 7.24. The molecule has 0 bridgehead atoms. The number of benzene rings is 2. The first-order chi connectivity index (χ1) is 14.7. The van der Waals surface area contributed by atoms with Gasteiger partial charge in [0.05, 0.1) is 0 Å². The fraction of sp³-hybridized carbons (Fsp3) is 0.130. The maximum absolute atomic E-state index is 9.73. The summed E-state index contributed by atoms with van der Waals surface area (Å²) < 4.78 is 0. The van der Waals surface area contributed by atoms with Crippen molar-refractivity contribution in [3.8, 4) is 5.75 Å². The molecule has 0 saturated heterocycles. The number of phenols is 1. The second-order valence-electron chi connectivity index (χ2n) is 7.24. The van der Waals surface area contributed by atoms with Crippen molar-refractivity contribution in [2.24, 2.45) is 0 Å². The van der Waals surface area contributed by atoms with Gasteiger partial charge in [0.1, 0.15) is 11.6 Å². The number of hydrogen-bond donors (Lipinski definition) is 5. The number of aromatic nitrogens is 4. The van der Waals surface area contributed by atoms with E-state index in [1.54, 1.807) is 18.3 Å². The summed E-state index contributed by atoms with van der Waals surface area (Å²) in [5.41, 5.74) is 4.46. The van der Waals surface area contributed by atoms with Gasteiger partial charge in [-0.25, -0.2) is 4.98 Å². The van der Waals surface area contributed by atoms with E-state index in [9.17, 15) is 5.11 Å². The molecular formula is C23H22N6O. The van der Waals surface area contributed by atoms with Crippen LogP contribution in [0.15, 0.2) is 67.1 Å². The zero-order chi connectivity index (χ0) is 20.3. The predicted octanol–water partition coefficient (Wildman–Crippen LogP) is 4.41. The molecule has 0 spiro atoms. The molecule has 0 saturated carbocycles. The summed E-state index contributed by atoms with van der Waals surface area (Å²) in [6, 6.07) is 15.6. The predicted molar refractivity (Wildman–Crippen MR) is 120 cm³/mol. The number of aromatic hydroxyl groups is 1. The number of nitrogens with one attached hydrogen (secondary N) is 4. The highest BCUT2D eigenvalue weighted by atomic mass is 16.3. The first-order valence-corrected chi connectivity index (χ1v) is 9.90. The minimum Gasteiger partial charge on any atom is -0.508 e. The Labute approximate surface area is 173 Å². The van der Waals surface area contributed by atoms with Gasteiger partial charge in [0, 0.05) is 48.1 Å². The van der Waals surface area contributed by atoms with E-state index in [2.05, 4.69) is 54.8 Å². The van der Waals surface area contributed by atoms with Crippen molar-refractivity contribution in [1.82, 2.24) is 19.9 Å². The Bertz CT molecular complexity index is 1310. The van der Waals surface area contributed by atoms with Crippen molar-refractivity contribution in [1.29, 1.82) is 0 Å². The maximum atomic E-state index is 9.73. The molecule has 5 aromatic rings. The van der Waals surface area contributed by atoms with Crippen LogP contribution in [-0.4, -0.2) is 31.6 Å². The Hall–Kier alpha value is -4.00. The monoisotopic (exact) mass is 398 g/mol. The minimum atomic E-state index is 0.276. The van der Waals surface area contributed by atoms with E-state index in [1.807, 2.05) is 24.5 Å². The standard InChI is InChI=1S/C23H22N6O/c30-18-3-4-20-19(12-18)17(14-27-20)6-9-25-22-7-10-26-23(29-22)28-13-15-1-2-16-5-8-24-21(16)11-15/h1-5,7-8,10-12,14,24,27,30H,6,9,13H2,(H2,25,26,28,29). The van der Waals surface area contributed by atoms with E-state index >= 15 is 0 Å². The van der Waals surface area contributed by atoms with Crippen LogP contribution in [0.1, 0.15) is 11.1 Å². The molecular weight excluding hydrogens is 376 g/mol. The van der Waals surface area contributed by atoms with Crippen LogP contribution in [0.2, 0.25) is 0 Å². The average Bonchev–Trinajstić information content (AvgIpc) is 3.39. The molecule has 0 aliphatic heterocycles. The Morgan fingerprint density at radius 3 is 2.87 bits per heavy atom. The largest absolute Gasteiger partial charge is 0.508 e. The van der Waals surface area contributed by atoms with Crippen molar-refractivity contribution in [3.63, 3.8) is 0 Å². The molecule has 0 unspecified atom stereocenters. The molecule has 7 nitrogen and oxygen atoms in total. The van der Waals surface area contributed by atoms with E-state index in [1.165, 1.54) is 5.39 Å². The van der Waals surface area contributed by atoms with Gasteiger partial charge < -0.3 is 25.7 Å². The lowest BCUT2D eigenvalue weighted by Crippen LogP contribution is -2.09. The molecule has 5 N–H and O–H groups in total. The van der Waals surface area contributed by atoms with Gasteiger partial charge in [-0.2, -0.15) is 4.98 Å². The Morgan fingerprint density at radius 2 is 1.90 bits per heavy atom. The number of hydrogen-bond acceptors (Lipinski definition) is 5.